The topological polar surface area (TPSA) is 58.6 Å². The van der Waals surface area contributed by atoms with Crippen molar-refractivity contribution in [2.45, 2.75) is 32.8 Å². The molecule has 0 radical (unpaired) electrons. The van der Waals surface area contributed by atoms with Crippen molar-refractivity contribution in [3.8, 4) is 5.75 Å². The molecule has 2 amide bonds. The molecule has 0 fully saturated rings. The third-order valence-electron chi connectivity index (χ3n) is 4.40. The maximum atomic E-state index is 13.0. The Labute approximate surface area is 147 Å². The summed E-state index contributed by atoms with van der Waals surface area (Å²) in [5, 5.41) is 2.77. The lowest BCUT2D eigenvalue weighted by Crippen LogP contribution is -2.36. The molecule has 1 aliphatic heterocycles. The van der Waals surface area contributed by atoms with Crippen LogP contribution in [-0.4, -0.2) is 25.0 Å². The van der Waals surface area contributed by atoms with E-state index in [1.54, 1.807) is 37.1 Å². The fourth-order valence-electron chi connectivity index (χ4n) is 2.79. The zero-order valence-electron chi connectivity index (χ0n) is 14.9. The van der Waals surface area contributed by atoms with Gasteiger partial charge >= 0.3 is 0 Å². The third kappa shape index (κ3) is 3.22. The van der Waals surface area contributed by atoms with Crippen LogP contribution in [0.25, 0.3) is 0 Å². The Bertz CT molecular complexity index is 829. The highest BCUT2D eigenvalue weighted by atomic mass is 16.5. The molecule has 2 aromatic carbocycles. The fourth-order valence-corrected chi connectivity index (χ4v) is 2.79. The summed E-state index contributed by atoms with van der Waals surface area (Å²) in [6.07, 6.45) is -0.629. The van der Waals surface area contributed by atoms with Crippen LogP contribution in [0.4, 0.5) is 11.4 Å². The largest absolute Gasteiger partial charge is 0.478 e. The van der Waals surface area contributed by atoms with Crippen LogP contribution >= 0.6 is 0 Å². The number of rotatable bonds is 3. The average Bonchev–Trinajstić information content (AvgIpc) is 2.61. The van der Waals surface area contributed by atoms with E-state index in [1.807, 2.05) is 18.2 Å². The molecule has 1 aliphatic rings. The molecule has 25 heavy (non-hydrogen) atoms. The summed E-state index contributed by atoms with van der Waals surface area (Å²) in [6.45, 7) is 5.90. The molecule has 0 saturated carbocycles. The number of para-hydroxylation sites is 1. The van der Waals surface area contributed by atoms with Gasteiger partial charge in [0, 0.05) is 12.7 Å². The summed E-state index contributed by atoms with van der Waals surface area (Å²) < 4.78 is 5.68. The van der Waals surface area contributed by atoms with Crippen molar-refractivity contribution in [3.05, 3.63) is 53.6 Å². The molecule has 0 aromatic heterocycles. The first-order chi connectivity index (χ1) is 11.9. The first-order valence-corrected chi connectivity index (χ1v) is 8.37. The highest BCUT2D eigenvalue weighted by Gasteiger charge is 2.29. The highest BCUT2D eigenvalue weighted by molar-refractivity contribution is 6.10. The Balaban J connectivity index is 1.95. The zero-order chi connectivity index (χ0) is 18.1. The van der Waals surface area contributed by atoms with Gasteiger partial charge in [-0.05, 0) is 42.7 Å². The summed E-state index contributed by atoms with van der Waals surface area (Å²) in [5.74, 6) is 0.412. The van der Waals surface area contributed by atoms with Crippen molar-refractivity contribution in [3.63, 3.8) is 0 Å². The summed E-state index contributed by atoms with van der Waals surface area (Å²) in [5.41, 5.74) is 2.95. The number of carbonyl (C=O) groups is 2. The second-order valence-corrected chi connectivity index (χ2v) is 6.55. The van der Waals surface area contributed by atoms with Crippen LogP contribution in [0.5, 0.6) is 5.75 Å². The standard InChI is InChI=1S/C20H22N2O3/c1-12(2)14-7-5-8-15(11-14)22(4)20(24)16-9-6-10-17-18(16)25-13(3)19(23)21-17/h5-13H,1-4H3,(H,21,23). The highest BCUT2D eigenvalue weighted by Crippen LogP contribution is 2.34. The average molecular weight is 338 g/mol. The summed E-state index contributed by atoms with van der Waals surface area (Å²) in [7, 11) is 1.74. The normalized spacial score (nSPS) is 16.0. The molecule has 0 aliphatic carbocycles. The Kier molecular flexibility index (Phi) is 4.49. The smallest absolute Gasteiger partial charge is 0.265 e. The van der Waals surface area contributed by atoms with E-state index in [1.165, 1.54) is 5.56 Å². The molecule has 2 aromatic rings. The van der Waals surface area contributed by atoms with Gasteiger partial charge in [0.2, 0.25) is 0 Å². The third-order valence-corrected chi connectivity index (χ3v) is 4.40. The molecule has 5 nitrogen and oxygen atoms in total. The summed E-state index contributed by atoms with van der Waals surface area (Å²) in [6, 6.07) is 13.1. The number of fused-ring (bicyclic) bond motifs is 1. The van der Waals surface area contributed by atoms with Crippen molar-refractivity contribution in [2.24, 2.45) is 0 Å². The molecule has 3 rings (SSSR count). The fraction of sp³-hybridized carbons (Fsp3) is 0.300. The minimum absolute atomic E-state index is 0.180. The maximum absolute atomic E-state index is 13.0. The number of nitrogens with zero attached hydrogens (tertiary/aromatic N) is 1. The van der Waals surface area contributed by atoms with E-state index in [0.717, 1.165) is 5.69 Å². The molecule has 1 atom stereocenters. The zero-order valence-corrected chi connectivity index (χ0v) is 14.9. The molecule has 0 spiro atoms. The Morgan fingerprint density at radius 3 is 2.64 bits per heavy atom. The number of ether oxygens (including phenoxy) is 1. The van der Waals surface area contributed by atoms with Crippen molar-refractivity contribution in [2.75, 3.05) is 17.3 Å². The van der Waals surface area contributed by atoms with Crippen LogP contribution < -0.4 is 15.0 Å². The van der Waals surface area contributed by atoms with Crippen LogP contribution in [-0.2, 0) is 4.79 Å². The van der Waals surface area contributed by atoms with E-state index >= 15 is 0 Å². The minimum atomic E-state index is -0.629. The van der Waals surface area contributed by atoms with Gasteiger partial charge in [-0.2, -0.15) is 0 Å². The first kappa shape index (κ1) is 17.0. The maximum Gasteiger partial charge on any atom is 0.265 e. The quantitative estimate of drug-likeness (QED) is 0.926. The van der Waals surface area contributed by atoms with Crippen LogP contribution in [0.15, 0.2) is 42.5 Å². The van der Waals surface area contributed by atoms with Gasteiger partial charge in [0.25, 0.3) is 11.8 Å². The van der Waals surface area contributed by atoms with E-state index in [9.17, 15) is 9.59 Å². The number of hydrogen-bond acceptors (Lipinski definition) is 3. The number of anilines is 2. The number of benzene rings is 2. The number of nitrogens with one attached hydrogen (secondary N) is 1. The molecular weight excluding hydrogens is 316 g/mol. The second kappa shape index (κ2) is 6.59. The van der Waals surface area contributed by atoms with Crippen LogP contribution in [0, 0.1) is 0 Å². The van der Waals surface area contributed by atoms with E-state index in [0.29, 0.717) is 22.9 Å². The molecule has 1 N–H and O–H groups in total. The van der Waals surface area contributed by atoms with Crippen molar-refractivity contribution >= 4 is 23.2 Å². The number of amides is 2. The van der Waals surface area contributed by atoms with Crippen molar-refractivity contribution in [1.29, 1.82) is 0 Å². The molecule has 1 heterocycles. The van der Waals surface area contributed by atoms with Gasteiger partial charge in [0.15, 0.2) is 11.9 Å². The van der Waals surface area contributed by atoms with Gasteiger partial charge in [-0.3, -0.25) is 9.59 Å². The molecule has 130 valence electrons. The lowest BCUT2D eigenvalue weighted by molar-refractivity contribution is -0.122. The Morgan fingerprint density at radius 1 is 1.20 bits per heavy atom. The van der Waals surface area contributed by atoms with Gasteiger partial charge < -0.3 is 15.0 Å². The van der Waals surface area contributed by atoms with Crippen molar-refractivity contribution < 1.29 is 14.3 Å². The van der Waals surface area contributed by atoms with Gasteiger partial charge in [0.05, 0.1) is 11.3 Å². The second-order valence-electron chi connectivity index (χ2n) is 6.55. The van der Waals surface area contributed by atoms with Crippen LogP contribution in [0.2, 0.25) is 0 Å². The number of carbonyl (C=O) groups excluding carboxylic acids is 2. The summed E-state index contributed by atoms with van der Waals surface area (Å²) >= 11 is 0. The molecule has 0 saturated heterocycles. The van der Waals surface area contributed by atoms with E-state index in [-0.39, 0.29) is 11.8 Å². The summed E-state index contributed by atoms with van der Waals surface area (Å²) in [4.78, 5) is 26.4. The van der Waals surface area contributed by atoms with Gasteiger partial charge in [0.1, 0.15) is 0 Å². The molecule has 5 heteroatoms. The van der Waals surface area contributed by atoms with Gasteiger partial charge in [-0.15, -0.1) is 0 Å². The van der Waals surface area contributed by atoms with E-state index in [4.69, 9.17) is 4.74 Å². The lowest BCUT2D eigenvalue weighted by atomic mass is 10.0. The van der Waals surface area contributed by atoms with Crippen LogP contribution in [0.3, 0.4) is 0 Å². The molecule has 0 bridgehead atoms. The van der Waals surface area contributed by atoms with Gasteiger partial charge in [-0.25, -0.2) is 0 Å². The first-order valence-electron chi connectivity index (χ1n) is 8.37. The van der Waals surface area contributed by atoms with Gasteiger partial charge in [-0.1, -0.05) is 32.0 Å². The number of hydrogen-bond donors (Lipinski definition) is 1. The van der Waals surface area contributed by atoms with E-state index in [2.05, 4.69) is 25.2 Å². The SMILES string of the molecule is CC1Oc2c(cccc2C(=O)N(C)c2cccc(C(C)C)c2)NC1=O. The predicted molar refractivity (Wildman–Crippen MR) is 98.4 cm³/mol. The minimum Gasteiger partial charge on any atom is -0.478 e. The molecular formula is C20H22N2O3. The lowest BCUT2D eigenvalue weighted by Gasteiger charge is -2.26. The predicted octanol–water partition coefficient (Wildman–Crippen LogP) is 3.81. The molecule has 1 unspecified atom stereocenters. The Morgan fingerprint density at radius 2 is 1.92 bits per heavy atom. The Hall–Kier alpha value is -2.82. The van der Waals surface area contributed by atoms with Crippen LogP contribution in [0.1, 0.15) is 42.6 Å². The van der Waals surface area contributed by atoms with Crippen molar-refractivity contribution in [1.82, 2.24) is 0 Å². The van der Waals surface area contributed by atoms with E-state index < -0.39 is 6.10 Å². The monoisotopic (exact) mass is 338 g/mol.